The minimum Gasteiger partial charge on any atom is -0.387 e. The molecule has 3 heterocycles. The average Bonchev–Trinajstić information content (AvgIpc) is 2.84. The van der Waals surface area contributed by atoms with Crippen LogP contribution in [0.4, 0.5) is 24.7 Å². The van der Waals surface area contributed by atoms with E-state index >= 15 is 0 Å². The van der Waals surface area contributed by atoms with Gasteiger partial charge in [0.1, 0.15) is 5.82 Å². The maximum Gasteiger partial charge on any atom is 0.416 e. The normalized spacial score (nSPS) is 17.9. The number of piperazine rings is 1. The second-order valence-corrected chi connectivity index (χ2v) is 8.71. The summed E-state index contributed by atoms with van der Waals surface area (Å²) >= 11 is 0. The number of hydrogen-bond acceptors (Lipinski definition) is 5. The van der Waals surface area contributed by atoms with Crippen LogP contribution in [-0.4, -0.2) is 42.2 Å². The van der Waals surface area contributed by atoms with Gasteiger partial charge >= 0.3 is 6.18 Å². The third kappa shape index (κ3) is 6.82. The van der Waals surface area contributed by atoms with Crippen molar-refractivity contribution in [3.05, 3.63) is 78.3 Å². The molecule has 1 aliphatic heterocycles. The van der Waals surface area contributed by atoms with Crippen LogP contribution in [0, 0.1) is 6.92 Å². The Bertz CT molecular complexity index is 1100. The largest absolute Gasteiger partial charge is 0.416 e. The van der Waals surface area contributed by atoms with Crippen LogP contribution in [0.25, 0.3) is 17.2 Å². The van der Waals surface area contributed by atoms with Gasteiger partial charge in [-0.2, -0.15) is 13.2 Å². The molecule has 0 bridgehead atoms. The van der Waals surface area contributed by atoms with Gasteiger partial charge in [-0.1, -0.05) is 24.8 Å². The lowest BCUT2D eigenvalue weighted by atomic mass is 10.0. The van der Waals surface area contributed by atoms with E-state index in [1.54, 1.807) is 19.4 Å². The number of nitrogens with one attached hydrogen (secondary N) is 2. The van der Waals surface area contributed by atoms with Gasteiger partial charge in [0.2, 0.25) is 0 Å². The smallest absolute Gasteiger partial charge is 0.387 e. The van der Waals surface area contributed by atoms with E-state index < -0.39 is 11.7 Å². The number of pyridine rings is 2. The maximum absolute atomic E-state index is 12.5. The van der Waals surface area contributed by atoms with Crippen LogP contribution in [0.3, 0.4) is 0 Å². The van der Waals surface area contributed by atoms with Crippen LogP contribution in [0.1, 0.15) is 30.5 Å². The van der Waals surface area contributed by atoms with Gasteiger partial charge in [0.15, 0.2) is 0 Å². The highest BCUT2D eigenvalue weighted by Gasteiger charge is 2.30. The fraction of sp³-hybridized carbons (Fsp3) is 0.333. The number of rotatable bonds is 4. The Morgan fingerprint density at radius 2 is 1.69 bits per heavy atom. The number of halogens is 3. The molecular formula is C27H32F3N5. The van der Waals surface area contributed by atoms with Gasteiger partial charge in [-0.25, -0.2) is 4.98 Å². The number of nitrogens with zero attached hydrogens (tertiary/aromatic N) is 3. The van der Waals surface area contributed by atoms with Gasteiger partial charge in [0.05, 0.1) is 17.4 Å². The molecule has 0 saturated carbocycles. The first kappa shape index (κ1) is 26.2. The summed E-state index contributed by atoms with van der Waals surface area (Å²) in [6.07, 6.45) is 2.72. The molecule has 3 aromatic rings. The average molecular weight is 484 g/mol. The van der Waals surface area contributed by atoms with E-state index in [9.17, 15) is 13.2 Å². The fourth-order valence-corrected chi connectivity index (χ4v) is 4.13. The zero-order valence-electron chi connectivity index (χ0n) is 20.5. The van der Waals surface area contributed by atoms with Crippen LogP contribution in [0.2, 0.25) is 0 Å². The van der Waals surface area contributed by atoms with E-state index in [0.717, 1.165) is 59.0 Å². The Balaban J connectivity index is 0.000000198. The quantitative estimate of drug-likeness (QED) is 0.475. The van der Waals surface area contributed by atoms with Crippen molar-refractivity contribution in [2.45, 2.75) is 39.0 Å². The van der Waals surface area contributed by atoms with Crippen LogP contribution in [-0.2, 0) is 6.18 Å². The highest BCUT2D eigenvalue weighted by molar-refractivity contribution is 5.72. The molecule has 35 heavy (non-hydrogen) atoms. The molecule has 186 valence electrons. The molecule has 1 saturated heterocycles. The van der Waals surface area contributed by atoms with Gasteiger partial charge in [-0.3, -0.25) is 4.98 Å². The summed E-state index contributed by atoms with van der Waals surface area (Å²) in [5.41, 5.74) is 3.77. The third-order valence-corrected chi connectivity index (χ3v) is 5.90. The van der Waals surface area contributed by atoms with Crippen LogP contribution in [0.15, 0.2) is 61.6 Å². The summed E-state index contributed by atoms with van der Waals surface area (Å²) in [6.45, 7) is 12.1. The lowest BCUT2D eigenvalue weighted by Crippen LogP contribution is -2.54. The fourth-order valence-electron chi connectivity index (χ4n) is 4.13. The lowest BCUT2D eigenvalue weighted by Gasteiger charge is -2.36. The van der Waals surface area contributed by atoms with Gasteiger partial charge in [-0.15, -0.1) is 0 Å². The Morgan fingerprint density at radius 1 is 1.03 bits per heavy atom. The first-order valence-electron chi connectivity index (χ1n) is 11.5. The lowest BCUT2D eigenvalue weighted by molar-refractivity contribution is -0.137. The topological polar surface area (TPSA) is 53.1 Å². The Morgan fingerprint density at radius 3 is 2.20 bits per heavy atom. The zero-order valence-corrected chi connectivity index (χ0v) is 20.5. The van der Waals surface area contributed by atoms with Gasteiger partial charge < -0.3 is 15.5 Å². The molecule has 2 unspecified atom stereocenters. The summed E-state index contributed by atoms with van der Waals surface area (Å²) in [7, 11) is 1.78. The third-order valence-electron chi connectivity index (χ3n) is 5.90. The summed E-state index contributed by atoms with van der Waals surface area (Å²) in [4.78, 5) is 10.9. The van der Waals surface area contributed by atoms with Crippen molar-refractivity contribution in [3.63, 3.8) is 0 Å². The van der Waals surface area contributed by atoms with Crippen molar-refractivity contribution in [1.29, 1.82) is 0 Å². The van der Waals surface area contributed by atoms with E-state index in [1.165, 1.54) is 12.1 Å². The zero-order chi connectivity index (χ0) is 25.6. The molecule has 0 spiro atoms. The van der Waals surface area contributed by atoms with Crippen molar-refractivity contribution < 1.29 is 13.2 Å². The molecule has 2 atom stereocenters. The molecule has 0 aliphatic carbocycles. The summed E-state index contributed by atoms with van der Waals surface area (Å²) in [6, 6.07) is 10.3. The summed E-state index contributed by atoms with van der Waals surface area (Å²) in [5, 5.41) is 6.51. The molecule has 0 radical (unpaired) electrons. The number of aromatic nitrogens is 2. The number of hydrogen-bond donors (Lipinski definition) is 2. The van der Waals surface area contributed by atoms with Crippen LogP contribution >= 0.6 is 0 Å². The Labute approximate surface area is 205 Å². The molecule has 1 fully saturated rings. The van der Waals surface area contributed by atoms with E-state index in [1.807, 2.05) is 19.2 Å². The predicted molar refractivity (Wildman–Crippen MR) is 138 cm³/mol. The molecule has 1 aromatic carbocycles. The first-order chi connectivity index (χ1) is 16.6. The predicted octanol–water partition coefficient (Wildman–Crippen LogP) is 6.03. The van der Waals surface area contributed by atoms with Crippen molar-refractivity contribution in [3.8, 4) is 11.1 Å². The molecule has 0 amide bonds. The molecule has 1 aliphatic rings. The van der Waals surface area contributed by atoms with Crippen LogP contribution < -0.4 is 15.5 Å². The van der Waals surface area contributed by atoms with Gasteiger partial charge in [0, 0.05) is 50.2 Å². The SMILES string of the molecule is C=Cc1ccc(N2CC(C)NC(C)C2)nc1.CNc1cncc(-c2ccc(C(F)(F)F)cc2)c1C. The van der Waals surface area contributed by atoms with E-state index in [0.29, 0.717) is 12.1 Å². The molecule has 2 aromatic heterocycles. The van der Waals surface area contributed by atoms with E-state index in [2.05, 4.69) is 58.1 Å². The van der Waals surface area contributed by atoms with Crippen molar-refractivity contribution in [1.82, 2.24) is 15.3 Å². The second kappa shape index (κ2) is 11.4. The van der Waals surface area contributed by atoms with Crippen LogP contribution in [0.5, 0.6) is 0 Å². The monoisotopic (exact) mass is 483 g/mol. The van der Waals surface area contributed by atoms with Crippen molar-refractivity contribution in [2.75, 3.05) is 30.4 Å². The molecule has 4 rings (SSSR count). The van der Waals surface area contributed by atoms with Gasteiger partial charge in [0.25, 0.3) is 0 Å². The van der Waals surface area contributed by atoms with E-state index in [4.69, 9.17) is 0 Å². The number of alkyl halides is 3. The maximum atomic E-state index is 12.5. The number of benzene rings is 1. The van der Waals surface area contributed by atoms with Crippen molar-refractivity contribution >= 4 is 17.6 Å². The standard InChI is InChI=1S/C14H13F3N2.C13H19N3/c1-9-12(7-19-8-13(9)18-2)10-3-5-11(6-4-10)14(15,16)17;1-4-12-5-6-13(14-7-12)16-8-10(2)15-11(3)9-16/h3-8,18H,1-2H3;4-7,10-11,15H,1,8-9H2,2-3H3. The molecule has 2 N–H and O–H groups in total. The Kier molecular flexibility index (Phi) is 8.51. The highest BCUT2D eigenvalue weighted by Crippen LogP contribution is 2.32. The Hall–Kier alpha value is -3.39. The molecule has 5 nitrogen and oxygen atoms in total. The molecular weight excluding hydrogens is 451 g/mol. The first-order valence-corrected chi connectivity index (χ1v) is 11.5. The second-order valence-electron chi connectivity index (χ2n) is 8.71. The summed E-state index contributed by atoms with van der Waals surface area (Å²) < 4.78 is 37.5. The minimum absolute atomic E-state index is 0.518. The number of anilines is 2. The van der Waals surface area contributed by atoms with E-state index in [-0.39, 0.29) is 0 Å². The minimum atomic E-state index is -4.31. The highest BCUT2D eigenvalue weighted by atomic mass is 19.4. The van der Waals surface area contributed by atoms with Gasteiger partial charge in [-0.05, 0) is 61.7 Å². The summed E-state index contributed by atoms with van der Waals surface area (Å²) in [5.74, 6) is 1.06. The molecule has 8 heteroatoms. The van der Waals surface area contributed by atoms with Crippen molar-refractivity contribution in [2.24, 2.45) is 0 Å².